The Hall–Kier alpha value is -1.24. The van der Waals surface area contributed by atoms with Gasteiger partial charge < -0.3 is 15.0 Å². The van der Waals surface area contributed by atoms with E-state index in [4.69, 9.17) is 0 Å². The zero-order valence-electron chi connectivity index (χ0n) is 10.1. The Morgan fingerprint density at radius 3 is 2.82 bits per heavy atom. The summed E-state index contributed by atoms with van der Waals surface area (Å²) in [7, 11) is 0. The van der Waals surface area contributed by atoms with Crippen molar-refractivity contribution in [2.75, 3.05) is 13.1 Å². The Morgan fingerprint density at radius 2 is 2.12 bits per heavy atom. The van der Waals surface area contributed by atoms with Gasteiger partial charge in [-0.05, 0) is 12.5 Å². The molecular weight excluding hydrogens is 211 g/mol. The average Bonchev–Trinajstić information content (AvgIpc) is 2.25. The molecule has 1 heterocycles. The van der Waals surface area contributed by atoms with Crippen LogP contribution < -0.4 is 18.9 Å². The first-order chi connectivity index (χ1) is 7.66. The third-order valence-electron chi connectivity index (χ3n) is 2.55. The van der Waals surface area contributed by atoms with Crippen molar-refractivity contribution in [1.29, 1.82) is 0 Å². The van der Waals surface area contributed by atoms with Gasteiger partial charge in [-0.1, -0.05) is 29.8 Å². The van der Waals surface area contributed by atoms with E-state index in [2.05, 4.69) is 5.32 Å². The third kappa shape index (κ3) is 3.35. The van der Waals surface area contributed by atoms with Crippen molar-refractivity contribution in [2.24, 2.45) is 0 Å². The molecule has 0 bridgehead atoms. The van der Waals surface area contributed by atoms with Crippen LogP contribution >= 0.6 is 0 Å². The van der Waals surface area contributed by atoms with Gasteiger partial charge in [0, 0.05) is 13.1 Å². The van der Waals surface area contributed by atoms with Gasteiger partial charge >= 0.3 is 18.9 Å². The number of nitrogens with zero attached hydrogens (tertiary/aromatic N) is 2. The molecule has 0 atom stereocenters. The van der Waals surface area contributed by atoms with Gasteiger partial charge in [-0.2, -0.15) is 0 Å². The van der Waals surface area contributed by atoms with Crippen molar-refractivity contribution in [1.82, 2.24) is 4.90 Å². The molecule has 1 aromatic carbocycles. The fourth-order valence-corrected chi connectivity index (χ4v) is 1.76. The van der Waals surface area contributed by atoms with Crippen LogP contribution in [0.25, 0.3) is 5.32 Å². The first-order valence-electron chi connectivity index (χ1n) is 5.23. The summed E-state index contributed by atoms with van der Waals surface area (Å²) in [5, 5.41) is 3.59. The van der Waals surface area contributed by atoms with Crippen LogP contribution in [-0.4, -0.2) is 29.8 Å². The molecule has 2 rings (SSSR count). The van der Waals surface area contributed by atoms with Crippen LogP contribution in [0.2, 0.25) is 0 Å². The summed E-state index contributed by atoms with van der Waals surface area (Å²) < 4.78 is 0. The maximum absolute atomic E-state index is 11.5. The molecule has 1 aliphatic rings. The zero-order valence-corrected chi connectivity index (χ0v) is 10.1. The summed E-state index contributed by atoms with van der Waals surface area (Å²) in [6.07, 6.45) is 0. The molecule has 0 aliphatic carbocycles. The second-order valence-electron chi connectivity index (χ2n) is 3.90. The van der Waals surface area contributed by atoms with Crippen molar-refractivity contribution in [3.8, 4) is 0 Å². The van der Waals surface area contributed by atoms with Crippen LogP contribution in [0, 0.1) is 6.92 Å². The van der Waals surface area contributed by atoms with Gasteiger partial charge in [-0.3, -0.25) is 4.79 Å². The van der Waals surface area contributed by atoms with Gasteiger partial charge in [-0.15, -0.1) is 6.54 Å². The number of rotatable bonds is 2. The van der Waals surface area contributed by atoms with E-state index in [1.54, 1.807) is 4.90 Å². The Bertz CT molecular complexity index is 434. The SMILES string of the molecule is Cc1cccc(CN2CC[N-]C(=O)C2=O)c1.[Li+]. The largest absolute Gasteiger partial charge is 1.00 e. The van der Waals surface area contributed by atoms with Crippen molar-refractivity contribution in [3.05, 3.63) is 40.7 Å². The number of carbonyl (C=O) groups is 2. The molecule has 0 N–H and O–H groups in total. The molecule has 84 valence electrons. The van der Waals surface area contributed by atoms with E-state index >= 15 is 0 Å². The minimum absolute atomic E-state index is 0. The molecule has 0 aromatic heterocycles. The smallest absolute Gasteiger partial charge is 0.644 e. The Labute approximate surface area is 113 Å². The van der Waals surface area contributed by atoms with Gasteiger partial charge in [0.1, 0.15) is 5.91 Å². The second-order valence-corrected chi connectivity index (χ2v) is 3.90. The summed E-state index contributed by atoms with van der Waals surface area (Å²) in [6.45, 7) is 3.43. The van der Waals surface area contributed by atoms with E-state index in [1.807, 2.05) is 31.2 Å². The van der Waals surface area contributed by atoms with Crippen LogP contribution in [0.15, 0.2) is 24.3 Å². The van der Waals surface area contributed by atoms with Gasteiger partial charge in [0.05, 0.1) is 0 Å². The molecule has 0 saturated carbocycles. The number of aryl methyl sites for hydroxylation is 1. The monoisotopic (exact) mass is 224 g/mol. The molecule has 5 heteroatoms. The minimum atomic E-state index is -0.626. The minimum Gasteiger partial charge on any atom is -0.644 e. The molecule has 0 unspecified atom stereocenters. The number of amides is 2. The number of benzene rings is 1. The Morgan fingerprint density at radius 1 is 1.35 bits per heavy atom. The number of hydrogen-bond donors (Lipinski definition) is 0. The topological polar surface area (TPSA) is 51.5 Å². The van der Waals surface area contributed by atoms with E-state index in [-0.39, 0.29) is 18.9 Å². The molecule has 0 radical (unpaired) electrons. The van der Waals surface area contributed by atoms with E-state index in [0.717, 1.165) is 11.1 Å². The molecular formula is C12H13LiN2O2. The van der Waals surface area contributed by atoms with Gasteiger partial charge in [-0.25, -0.2) is 0 Å². The second kappa shape index (κ2) is 5.90. The number of hydrogen-bond acceptors (Lipinski definition) is 2. The van der Waals surface area contributed by atoms with Gasteiger partial charge in [0.2, 0.25) is 0 Å². The quantitative estimate of drug-likeness (QED) is 0.441. The molecule has 1 fully saturated rings. The zero-order chi connectivity index (χ0) is 11.5. The Kier molecular flexibility index (Phi) is 4.80. The van der Waals surface area contributed by atoms with E-state index in [0.29, 0.717) is 19.6 Å². The maximum atomic E-state index is 11.5. The molecule has 17 heavy (non-hydrogen) atoms. The van der Waals surface area contributed by atoms with Gasteiger partial charge in [0.25, 0.3) is 5.91 Å². The molecule has 4 nitrogen and oxygen atoms in total. The van der Waals surface area contributed by atoms with Crippen molar-refractivity contribution in [3.63, 3.8) is 0 Å². The van der Waals surface area contributed by atoms with Gasteiger partial charge in [0.15, 0.2) is 0 Å². The predicted molar refractivity (Wildman–Crippen MR) is 59.8 cm³/mol. The third-order valence-corrected chi connectivity index (χ3v) is 2.55. The summed E-state index contributed by atoms with van der Waals surface area (Å²) in [6, 6.07) is 7.92. The van der Waals surface area contributed by atoms with Crippen LogP contribution in [0.1, 0.15) is 11.1 Å². The number of piperazine rings is 1. The van der Waals surface area contributed by atoms with E-state index in [1.165, 1.54) is 0 Å². The van der Waals surface area contributed by atoms with E-state index in [9.17, 15) is 9.59 Å². The first kappa shape index (κ1) is 13.8. The molecule has 1 saturated heterocycles. The van der Waals surface area contributed by atoms with Crippen molar-refractivity contribution in [2.45, 2.75) is 13.5 Å². The molecule has 2 amide bonds. The van der Waals surface area contributed by atoms with E-state index < -0.39 is 11.8 Å². The summed E-state index contributed by atoms with van der Waals surface area (Å²) >= 11 is 0. The predicted octanol–water partition coefficient (Wildman–Crippen LogP) is -1.76. The molecule has 0 spiro atoms. The van der Waals surface area contributed by atoms with Crippen molar-refractivity contribution >= 4 is 11.8 Å². The Balaban J connectivity index is 0.00000144. The average molecular weight is 224 g/mol. The summed E-state index contributed by atoms with van der Waals surface area (Å²) in [4.78, 5) is 24.1. The number of carbonyl (C=O) groups excluding carboxylic acids is 2. The maximum Gasteiger partial charge on any atom is 1.00 e. The van der Waals surface area contributed by atoms with Crippen LogP contribution in [0.3, 0.4) is 0 Å². The van der Waals surface area contributed by atoms with Crippen molar-refractivity contribution < 1.29 is 28.4 Å². The first-order valence-corrected chi connectivity index (χ1v) is 5.23. The summed E-state index contributed by atoms with van der Waals surface area (Å²) in [5.74, 6) is -1.12. The fraction of sp³-hybridized carbons (Fsp3) is 0.333. The summed E-state index contributed by atoms with van der Waals surface area (Å²) in [5.41, 5.74) is 2.20. The van der Waals surface area contributed by atoms with Crippen LogP contribution in [0.4, 0.5) is 0 Å². The molecule has 1 aliphatic heterocycles. The molecule has 1 aromatic rings. The normalized spacial score (nSPS) is 15.2. The van der Waals surface area contributed by atoms with Crippen LogP contribution in [-0.2, 0) is 16.1 Å². The van der Waals surface area contributed by atoms with Crippen LogP contribution in [0.5, 0.6) is 0 Å². The fourth-order valence-electron chi connectivity index (χ4n) is 1.76. The standard InChI is InChI=1S/C12H14N2O2.Li/c1-9-3-2-4-10(7-9)8-14-6-5-13-11(15)12(14)16;/h2-4,7H,5-6,8H2,1H3,(H,13,15);/q;+1/p-1.